The molecule has 0 radical (unpaired) electrons. The molecule has 1 aliphatic carbocycles. The van der Waals surface area contributed by atoms with Crippen LogP contribution in [0.5, 0.6) is 0 Å². The molecule has 2 aliphatic rings. The highest BCUT2D eigenvalue weighted by Gasteiger charge is 2.59. The van der Waals surface area contributed by atoms with Crippen molar-refractivity contribution in [2.75, 3.05) is 13.1 Å². The highest BCUT2D eigenvalue weighted by atomic mass is 16.4. The molecule has 2 fully saturated rings. The number of aromatic amines is 1. The van der Waals surface area contributed by atoms with E-state index in [4.69, 9.17) is 5.11 Å². The van der Waals surface area contributed by atoms with Crippen molar-refractivity contribution < 1.29 is 14.7 Å². The Kier molecular flexibility index (Phi) is 4.19. The van der Waals surface area contributed by atoms with E-state index in [9.17, 15) is 14.4 Å². The number of carbonyl (C=O) groups is 2. The van der Waals surface area contributed by atoms with Crippen LogP contribution in [-0.4, -0.2) is 45.2 Å². The van der Waals surface area contributed by atoms with Crippen molar-refractivity contribution in [3.63, 3.8) is 0 Å². The summed E-state index contributed by atoms with van der Waals surface area (Å²) in [6, 6.07) is 0. The first kappa shape index (κ1) is 16.7. The molecule has 1 unspecified atom stereocenters. The fraction of sp³-hybridized carbons (Fsp3) is 0.647. The van der Waals surface area contributed by atoms with Crippen LogP contribution in [-0.2, 0) is 17.6 Å². The SMILES string of the molecule is CCc1n[nH]c(=O)c(C(=O)N2CCC3(CC2)CC3C(=O)O)c1CC. The summed E-state index contributed by atoms with van der Waals surface area (Å²) >= 11 is 0. The molecule has 0 bridgehead atoms. The number of carboxylic acids is 1. The summed E-state index contributed by atoms with van der Waals surface area (Å²) < 4.78 is 0. The largest absolute Gasteiger partial charge is 0.481 e. The second kappa shape index (κ2) is 6.03. The van der Waals surface area contributed by atoms with Crippen molar-refractivity contribution in [1.29, 1.82) is 0 Å². The van der Waals surface area contributed by atoms with Gasteiger partial charge in [0.05, 0.1) is 11.6 Å². The minimum atomic E-state index is -0.735. The second-order valence-electron chi connectivity index (χ2n) is 6.81. The van der Waals surface area contributed by atoms with Gasteiger partial charge >= 0.3 is 5.97 Å². The van der Waals surface area contributed by atoms with Crippen molar-refractivity contribution >= 4 is 11.9 Å². The number of nitrogens with zero attached hydrogens (tertiary/aromatic N) is 2. The van der Waals surface area contributed by atoms with Gasteiger partial charge in [0.1, 0.15) is 5.56 Å². The summed E-state index contributed by atoms with van der Waals surface area (Å²) in [5.74, 6) is -1.26. The van der Waals surface area contributed by atoms with E-state index in [1.165, 1.54) is 0 Å². The molecule has 2 heterocycles. The number of carboxylic acid groups (broad SMARTS) is 1. The third-order valence-corrected chi connectivity index (χ3v) is 5.61. The third-order valence-electron chi connectivity index (χ3n) is 5.61. The van der Waals surface area contributed by atoms with Crippen molar-refractivity contribution in [3.05, 3.63) is 27.2 Å². The van der Waals surface area contributed by atoms with E-state index in [0.717, 1.165) is 11.3 Å². The molecule has 1 spiro atoms. The number of nitrogens with one attached hydrogen (secondary N) is 1. The van der Waals surface area contributed by atoms with E-state index >= 15 is 0 Å². The molecule has 1 saturated carbocycles. The zero-order valence-corrected chi connectivity index (χ0v) is 14.1. The van der Waals surface area contributed by atoms with Gasteiger partial charge in [0.15, 0.2) is 0 Å². The van der Waals surface area contributed by atoms with Crippen LogP contribution < -0.4 is 5.56 Å². The van der Waals surface area contributed by atoms with Gasteiger partial charge in [-0.05, 0) is 43.1 Å². The van der Waals surface area contributed by atoms with E-state index in [-0.39, 0.29) is 22.8 Å². The van der Waals surface area contributed by atoms with E-state index in [0.29, 0.717) is 45.2 Å². The number of amides is 1. The van der Waals surface area contributed by atoms with Crippen LogP contribution in [0.15, 0.2) is 4.79 Å². The summed E-state index contributed by atoms with van der Waals surface area (Å²) in [7, 11) is 0. The maximum absolute atomic E-state index is 12.9. The first-order chi connectivity index (χ1) is 11.4. The van der Waals surface area contributed by atoms with Gasteiger partial charge in [0.25, 0.3) is 11.5 Å². The number of hydrogen-bond donors (Lipinski definition) is 2. The maximum atomic E-state index is 12.9. The number of hydrogen-bond acceptors (Lipinski definition) is 4. The lowest BCUT2D eigenvalue weighted by Crippen LogP contribution is -2.42. The molecule has 2 N–H and O–H groups in total. The maximum Gasteiger partial charge on any atom is 0.307 e. The minimum Gasteiger partial charge on any atom is -0.481 e. The molecule has 1 atom stereocenters. The summed E-state index contributed by atoms with van der Waals surface area (Å²) in [4.78, 5) is 37.9. The molecule has 7 heteroatoms. The summed E-state index contributed by atoms with van der Waals surface area (Å²) in [5, 5.41) is 15.6. The second-order valence-corrected chi connectivity index (χ2v) is 6.81. The molecule has 1 saturated heterocycles. The van der Waals surface area contributed by atoms with E-state index < -0.39 is 11.5 Å². The van der Waals surface area contributed by atoms with Crippen molar-refractivity contribution in [2.24, 2.45) is 11.3 Å². The van der Waals surface area contributed by atoms with Crippen molar-refractivity contribution in [1.82, 2.24) is 15.1 Å². The number of likely N-dealkylation sites (tertiary alicyclic amines) is 1. The third kappa shape index (κ3) is 2.61. The van der Waals surface area contributed by atoms with Crippen LogP contribution in [0.3, 0.4) is 0 Å². The van der Waals surface area contributed by atoms with Crippen LogP contribution in [0.2, 0.25) is 0 Å². The van der Waals surface area contributed by atoms with Crippen LogP contribution in [0.4, 0.5) is 0 Å². The smallest absolute Gasteiger partial charge is 0.307 e. The highest BCUT2D eigenvalue weighted by molar-refractivity contribution is 5.95. The van der Waals surface area contributed by atoms with Crippen LogP contribution >= 0.6 is 0 Å². The molecular weight excluding hydrogens is 310 g/mol. The van der Waals surface area contributed by atoms with Crippen molar-refractivity contribution in [3.8, 4) is 0 Å². The van der Waals surface area contributed by atoms with E-state index in [1.807, 2.05) is 13.8 Å². The number of rotatable bonds is 4. The van der Waals surface area contributed by atoms with Gasteiger partial charge in [0, 0.05) is 13.1 Å². The van der Waals surface area contributed by atoms with Crippen LogP contribution in [0.25, 0.3) is 0 Å². The lowest BCUT2D eigenvalue weighted by Gasteiger charge is -2.33. The number of aromatic nitrogens is 2. The number of piperidine rings is 1. The molecule has 0 aromatic carbocycles. The van der Waals surface area contributed by atoms with E-state index in [2.05, 4.69) is 10.2 Å². The lowest BCUT2D eigenvalue weighted by molar-refractivity contribution is -0.139. The lowest BCUT2D eigenvalue weighted by atomic mass is 9.90. The molecule has 1 aromatic rings. The molecule has 1 aliphatic heterocycles. The van der Waals surface area contributed by atoms with Gasteiger partial charge in [-0.2, -0.15) is 5.10 Å². The summed E-state index contributed by atoms with van der Waals surface area (Å²) in [6.45, 7) is 4.88. The monoisotopic (exact) mass is 333 g/mol. The fourth-order valence-corrected chi connectivity index (χ4v) is 3.99. The Morgan fingerprint density at radius 1 is 1.29 bits per heavy atom. The Morgan fingerprint density at radius 2 is 1.96 bits per heavy atom. The topological polar surface area (TPSA) is 103 Å². The number of aryl methyl sites for hydroxylation is 1. The Labute approximate surface area is 140 Å². The minimum absolute atomic E-state index is 0.130. The normalized spacial score (nSPS) is 21.8. The Bertz CT molecular complexity index is 732. The quantitative estimate of drug-likeness (QED) is 0.862. The van der Waals surface area contributed by atoms with Gasteiger partial charge in [-0.15, -0.1) is 0 Å². The molecule has 24 heavy (non-hydrogen) atoms. The fourth-order valence-electron chi connectivity index (χ4n) is 3.99. The Balaban J connectivity index is 1.79. The van der Waals surface area contributed by atoms with Gasteiger partial charge in [-0.3, -0.25) is 14.4 Å². The average molecular weight is 333 g/mol. The zero-order valence-electron chi connectivity index (χ0n) is 14.1. The summed E-state index contributed by atoms with van der Waals surface area (Å²) in [6.07, 6.45) is 3.34. The Hall–Kier alpha value is -2.18. The molecule has 1 amide bonds. The van der Waals surface area contributed by atoms with Crippen LogP contribution in [0, 0.1) is 11.3 Å². The number of H-pyrrole nitrogens is 1. The molecule has 3 rings (SSSR count). The number of aliphatic carboxylic acids is 1. The van der Waals surface area contributed by atoms with Crippen molar-refractivity contribution in [2.45, 2.75) is 46.0 Å². The standard InChI is InChI=1S/C17H23N3O4/c1-3-10-12(4-2)18-19-14(21)13(10)15(22)20-7-5-17(6-8-20)9-11(17)16(23)24/h11H,3-9H2,1-2H3,(H,19,21)(H,23,24). The molecule has 7 nitrogen and oxygen atoms in total. The first-order valence-electron chi connectivity index (χ1n) is 8.56. The number of carbonyl (C=O) groups excluding carboxylic acids is 1. The Morgan fingerprint density at radius 3 is 2.46 bits per heavy atom. The molecular formula is C17H23N3O4. The van der Waals surface area contributed by atoms with E-state index in [1.54, 1.807) is 4.90 Å². The van der Waals surface area contributed by atoms with Gasteiger partial charge < -0.3 is 10.0 Å². The van der Waals surface area contributed by atoms with Crippen LogP contribution in [0.1, 0.15) is 54.7 Å². The van der Waals surface area contributed by atoms with Gasteiger partial charge in [-0.25, -0.2) is 5.10 Å². The molecule has 130 valence electrons. The summed E-state index contributed by atoms with van der Waals surface area (Å²) in [5.41, 5.74) is 1.11. The highest BCUT2D eigenvalue weighted by Crippen LogP contribution is 2.59. The predicted octanol–water partition coefficient (Wildman–Crippen LogP) is 1.22. The predicted molar refractivity (Wildman–Crippen MR) is 86.9 cm³/mol. The molecule has 1 aromatic heterocycles. The van der Waals surface area contributed by atoms with Gasteiger partial charge in [-0.1, -0.05) is 13.8 Å². The zero-order chi connectivity index (χ0) is 17.5. The average Bonchev–Trinajstić information content (AvgIpc) is 3.28. The first-order valence-corrected chi connectivity index (χ1v) is 8.56. The van der Waals surface area contributed by atoms with Gasteiger partial charge in [0.2, 0.25) is 0 Å².